The first kappa shape index (κ1) is 11.3. The zero-order chi connectivity index (χ0) is 12.6. The van der Waals surface area contributed by atoms with Gasteiger partial charge in [-0.2, -0.15) is 0 Å². The summed E-state index contributed by atoms with van der Waals surface area (Å²) in [7, 11) is 0. The summed E-state index contributed by atoms with van der Waals surface area (Å²) in [5.41, 5.74) is 5.67. The third kappa shape index (κ3) is 2.01. The van der Waals surface area contributed by atoms with Crippen LogP contribution in [0.15, 0.2) is 23.0 Å². The molecule has 0 atom stereocenters. The van der Waals surface area contributed by atoms with Gasteiger partial charge in [0.05, 0.1) is 5.56 Å². The first-order valence-electron chi connectivity index (χ1n) is 4.81. The van der Waals surface area contributed by atoms with Crippen molar-refractivity contribution in [1.29, 1.82) is 0 Å². The summed E-state index contributed by atoms with van der Waals surface area (Å²) < 4.78 is 25.8. The first-order valence-corrected chi connectivity index (χ1v) is 4.81. The summed E-state index contributed by atoms with van der Waals surface area (Å²) in [6.07, 6.45) is 0. The fourth-order valence-corrected chi connectivity index (χ4v) is 1.33. The Morgan fingerprint density at radius 2 is 2.00 bits per heavy atom. The quantitative estimate of drug-likeness (QED) is 0.791. The van der Waals surface area contributed by atoms with Gasteiger partial charge in [0.1, 0.15) is 11.6 Å². The number of H-pyrrole nitrogens is 1. The summed E-state index contributed by atoms with van der Waals surface area (Å²) >= 11 is 0. The zero-order valence-corrected chi connectivity index (χ0v) is 8.92. The van der Waals surface area contributed by atoms with E-state index in [1.165, 1.54) is 13.0 Å². The summed E-state index contributed by atoms with van der Waals surface area (Å²) in [5, 5.41) is 0. The standard InChI is InChI=1S/C11H9F2N3O/c1-5-9(14)15-10(16-11(5)17)6-2-3-7(12)8(13)4-6/h2-4H,1H3,(H3,14,15,16,17). The minimum atomic E-state index is -1.01. The van der Waals surface area contributed by atoms with E-state index in [1.807, 2.05) is 0 Å². The van der Waals surface area contributed by atoms with Crippen LogP contribution in [0.5, 0.6) is 0 Å². The molecular weight excluding hydrogens is 228 g/mol. The highest BCUT2D eigenvalue weighted by Crippen LogP contribution is 2.18. The third-order valence-corrected chi connectivity index (χ3v) is 2.38. The number of nitrogens with two attached hydrogens (primary N) is 1. The van der Waals surface area contributed by atoms with Gasteiger partial charge < -0.3 is 10.7 Å². The lowest BCUT2D eigenvalue weighted by Gasteiger charge is -2.04. The Kier molecular flexibility index (Phi) is 2.63. The number of aromatic nitrogens is 2. The number of anilines is 1. The van der Waals surface area contributed by atoms with Crippen LogP contribution >= 0.6 is 0 Å². The van der Waals surface area contributed by atoms with Crippen LogP contribution in [0.3, 0.4) is 0 Å². The summed E-state index contributed by atoms with van der Waals surface area (Å²) in [6.45, 7) is 1.52. The van der Waals surface area contributed by atoms with Crippen molar-refractivity contribution in [2.24, 2.45) is 0 Å². The molecule has 6 heteroatoms. The predicted molar refractivity (Wildman–Crippen MR) is 59.4 cm³/mol. The molecule has 0 unspecified atom stereocenters. The van der Waals surface area contributed by atoms with Gasteiger partial charge in [-0.05, 0) is 25.1 Å². The van der Waals surface area contributed by atoms with Gasteiger partial charge in [0.2, 0.25) is 0 Å². The topological polar surface area (TPSA) is 71.8 Å². The molecule has 0 bridgehead atoms. The van der Waals surface area contributed by atoms with Crippen molar-refractivity contribution in [3.63, 3.8) is 0 Å². The Morgan fingerprint density at radius 1 is 1.29 bits per heavy atom. The van der Waals surface area contributed by atoms with E-state index in [4.69, 9.17) is 5.73 Å². The van der Waals surface area contributed by atoms with Crippen molar-refractivity contribution < 1.29 is 8.78 Å². The largest absolute Gasteiger partial charge is 0.383 e. The van der Waals surface area contributed by atoms with E-state index in [-0.39, 0.29) is 22.8 Å². The maximum absolute atomic E-state index is 13.0. The van der Waals surface area contributed by atoms with Gasteiger partial charge in [-0.1, -0.05) is 0 Å². The van der Waals surface area contributed by atoms with Crippen molar-refractivity contribution in [1.82, 2.24) is 9.97 Å². The van der Waals surface area contributed by atoms with Gasteiger partial charge in [-0.25, -0.2) is 13.8 Å². The minimum absolute atomic E-state index is 0.0634. The Morgan fingerprint density at radius 3 is 2.59 bits per heavy atom. The number of aromatic amines is 1. The highest BCUT2D eigenvalue weighted by Gasteiger charge is 2.09. The maximum Gasteiger partial charge on any atom is 0.256 e. The molecule has 2 rings (SSSR count). The molecule has 1 aromatic carbocycles. The fraction of sp³-hybridized carbons (Fsp3) is 0.0909. The van der Waals surface area contributed by atoms with E-state index < -0.39 is 17.2 Å². The molecule has 17 heavy (non-hydrogen) atoms. The lowest BCUT2D eigenvalue weighted by atomic mass is 10.2. The molecule has 88 valence electrons. The van der Waals surface area contributed by atoms with Gasteiger partial charge in [-0.15, -0.1) is 0 Å². The predicted octanol–water partition coefficient (Wildman–Crippen LogP) is 1.61. The summed E-state index contributed by atoms with van der Waals surface area (Å²) in [6, 6.07) is 3.22. The van der Waals surface area contributed by atoms with Crippen LogP contribution in [-0.4, -0.2) is 9.97 Å². The van der Waals surface area contributed by atoms with E-state index in [0.29, 0.717) is 0 Å². The van der Waals surface area contributed by atoms with Crippen LogP contribution in [0.1, 0.15) is 5.56 Å². The first-order chi connectivity index (χ1) is 7.99. The molecule has 0 saturated carbocycles. The van der Waals surface area contributed by atoms with Crippen LogP contribution in [0.25, 0.3) is 11.4 Å². The van der Waals surface area contributed by atoms with Gasteiger partial charge in [0, 0.05) is 5.56 Å². The van der Waals surface area contributed by atoms with E-state index in [0.717, 1.165) is 12.1 Å². The Labute approximate surface area is 95.1 Å². The third-order valence-electron chi connectivity index (χ3n) is 2.38. The van der Waals surface area contributed by atoms with E-state index in [2.05, 4.69) is 9.97 Å². The van der Waals surface area contributed by atoms with Crippen LogP contribution < -0.4 is 11.3 Å². The van der Waals surface area contributed by atoms with E-state index in [1.54, 1.807) is 0 Å². The number of nitrogen functional groups attached to an aromatic ring is 1. The van der Waals surface area contributed by atoms with Gasteiger partial charge in [0.25, 0.3) is 5.56 Å². The number of nitrogens with one attached hydrogen (secondary N) is 1. The number of benzene rings is 1. The Balaban J connectivity index is 2.61. The second kappa shape index (κ2) is 3.97. The molecule has 0 spiro atoms. The van der Waals surface area contributed by atoms with Gasteiger partial charge in [0.15, 0.2) is 11.6 Å². The molecule has 0 saturated heterocycles. The van der Waals surface area contributed by atoms with E-state index >= 15 is 0 Å². The lowest BCUT2D eigenvalue weighted by molar-refractivity contribution is 0.509. The van der Waals surface area contributed by atoms with Crippen molar-refractivity contribution in [2.45, 2.75) is 6.92 Å². The van der Waals surface area contributed by atoms with Crippen molar-refractivity contribution in [2.75, 3.05) is 5.73 Å². The monoisotopic (exact) mass is 237 g/mol. The molecular formula is C11H9F2N3O. The zero-order valence-electron chi connectivity index (χ0n) is 8.92. The van der Waals surface area contributed by atoms with Crippen LogP contribution in [0, 0.1) is 18.6 Å². The van der Waals surface area contributed by atoms with Crippen LogP contribution in [0.4, 0.5) is 14.6 Å². The summed E-state index contributed by atoms with van der Waals surface area (Å²) in [4.78, 5) is 17.8. The molecule has 0 radical (unpaired) electrons. The molecule has 1 heterocycles. The number of hydrogen-bond donors (Lipinski definition) is 2. The molecule has 3 N–H and O–H groups in total. The highest BCUT2D eigenvalue weighted by molar-refractivity contribution is 5.57. The van der Waals surface area contributed by atoms with Crippen molar-refractivity contribution in [3.05, 3.63) is 45.8 Å². The fourth-order valence-electron chi connectivity index (χ4n) is 1.33. The second-order valence-electron chi connectivity index (χ2n) is 3.55. The van der Waals surface area contributed by atoms with Crippen molar-refractivity contribution in [3.8, 4) is 11.4 Å². The normalized spacial score (nSPS) is 10.5. The molecule has 2 aromatic rings. The lowest BCUT2D eigenvalue weighted by Crippen LogP contribution is -2.15. The van der Waals surface area contributed by atoms with E-state index in [9.17, 15) is 13.6 Å². The van der Waals surface area contributed by atoms with Crippen LogP contribution in [0.2, 0.25) is 0 Å². The maximum atomic E-state index is 13.0. The molecule has 0 fully saturated rings. The molecule has 0 aliphatic heterocycles. The second-order valence-corrected chi connectivity index (χ2v) is 3.55. The number of rotatable bonds is 1. The van der Waals surface area contributed by atoms with Gasteiger partial charge in [-0.3, -0.25) is 4.79 Å². The number of halogens is 2. The van der Waals surface area contributed by atoms with Gasteiger partial charge >= 0.3 is 0 Å². The SMILES string of the molecule is Cc1c(N)nc(-c2ccc(F)c(F)c2)[nH]c1=O. The Bertz CT molecular complexity index is 637. The number of nitrogens with zero attached hydrogens (tertiary/aromatic N) is 1. The minimum Gasteiger partial charge on any atom is -0.383 e. The average Bonchev–Trinajstić information content (AvgIpc) is 2.29. The summed E-state index contributed by atoms with van der Waals surface area (Å²) in [5.74, 6) is -1.80. The number of hydrogen-bond acceptors (Lipinski definition) is 3. The molecule has 0 aliphatic rings. The molecule has 1 aromatic heterocycles. The average molecular weight is 237 g/mol. The Hall–Kier alpha value is -2.24. The molecule has 0 aliphatic carbocycles. The molecule has 4 nitrogen and oxygen atoms in total. The molecule has 0 amide bonds. The smallest absolute Gasteiger partial charge is 0.256 e. The van der Waals surface area contributed by atoms with Crippen LogP contribution in [-0.2, 0) is 0 Å². The van der Waals surface area contributed by atoms with Crippen molar-refractivity contribution >= 4 is 5.82 Å². The highest BCUT2D eigenvalue weighted by atomic mass is 19.2.